The molecule has 0 atom stereocenters. The molecule has 3 nitrogen and oxygen atoms in total. The van der Waals surface area contributed by atoms with Gasteiger partial charge in [0.05, 0.1) is 0 Å². The molecule has 0 amide bonds. The Kier molecular flexibility index (Phi) is 3.48. The zero-order valence-electron chi connectivity index (χ0n) is 11.6. The molecule has 0 saturated carbocycles. The highest BCUT2D eigenvalue weighted by molar-refractivity contribution is 5.83. The number of nitrogens with two attached hydrogens (primary N) is 2. The molecular formula is C18H17N3. The Morgan fingerprint density at radius 2 is 1.33 bits per heavy atom. The maximum Gasteiger partial charge on any atom is 0.0484 e. The molecule has 0 aliphatic heterocycles. The van der Waals surface area contributed by atoms with Crippen molar-refractivity contribution in [3.05, 3.63) is 72.8 Å². The van der Waals surface area contributed by atoms with E-state index < -0.39 is 0 Å². The van der Waals surface area contributed by atoms with E-state index in [1.54, 1.807) is 0 Å². The first-order valence-corrected chi connectivity index (χ1v) is 6.80. The SMILES string of the molecule is Nc1ccc(-c2ccc(N)cc2Nc2ccccc2)cc1. The van der Waals surface area contributed by atoms with E-state index in [4.69, 9.17) is 11.5 Å². The molecule has 0 bridgehead atoms. The minimum absolute atomic E-state index is 0.729. The van der Waals surface area contributed by atoms with Crippen LogP contribution in [0.15, 0.2) is 72.8 Å². The van der Waals surface area contributed by atoms with Crippen LogP contribution in [0.25, 0.3) is 11.1 Å². The molecule has 0 aliphatic rings. The van der Waals surface area contributed by atoms with Crippen molar-refractivity contribution in [3.63, 3.8) is 0 Å². The van der Waals surface area contributed by atoms with Gasteiger partial charge in [0.1, 0.15) is 0 Å². The van der Waals surface area contributed by atoms with Gasteiger partial charge in [-0.3, -0.25) is 0 Å². The lowest BCUT2D eigenvalue weighted by Crippen LogP contribution is -1.95. The third-order valence-electron chi connectivity index (χ3n) is 3.32. The normalized spacial score (nSPS) is 10.3. The molecular weight excluding hydrogens is 258 g/mol. The van der Waals surface area contributed by atoms with Crippen LogP contribution in [0, 0.1) is 0 Å². The molecule has 0 heterocycles. The summed E-state index contributed by atoms with van der Waals surface area (Å²) >= 11 is 0. The number of para-hydroxylation sites is 1. The van der Waals surface area contributed by atoms with Crippen LogP contribution in [0.3, 0.4) is 0 Å². The molecule has 0 fully saturated rings. The molecule has 0 unspecified atom stereocenters. The monoisotopic (exact) mass is 275 g/mol. The van der Waals surface area contributed by atoms with Crippen LogP contribution < -0.4 is 16.8 Å². The smallest absolute Gasteiger partial charge is 0.0484 e. The summed E-state index contributed by atoms with van der Waals surface area (Å²) in [7, 11) is 0. The fourth-order valence-corrected chi connectivity index (χ4v) is 2.26. The van der Waals surface area contributed by atoms with Gasteiger partial charge in [0.2, 0.25) is 0 Å². The Balaban J connectivity index is 2.03. The van der Waals surface area contributed by atoms with Gasteiger partial charge in [-0.15, -0.1) is 0 Å². The number of nitrogen functional groups attached to an aromatic ring is 2. The Labute approximate surface area is 124 Å². The van der Waals surface area contributed by atoms with Crippen LogP contribution in [0.4, 0.5) is 22.7 Å². The number of hydrogen-bond donors (Lipinski definition) is 3. The van der Waals surface area contributed by atoms with Gasteiger partial charge in [0.15, 0.2) is 0 Å². The summed E-state index contributed by atoms with van der Waals surface area (Å²) < 4.78 is 0. The van der Waals surface area contributed by atoms with Gasteiger partial charge >= 0.3 is 0 Å². The maximum atomic E-state index is 5.92. The minimum Gasteiger partial charge on any atom is -0.399 e. The third kappa shape index (κ3) is 2.98. The van der Waals surface area contributed by atoms with E-state index in [9.17, 15) is 0 Å². The number of nitrogens with one attached hydrogen (secondary N) is 1. The predicted molar refractivity (Wildman–Crippen MR) is 90.4 cm³/mol. The van der Waals surface area contributed by atoms with Gasteiger partial charge in [0, 0.05) is 28.3 Å². The average molecular weight is 275 g/mol. The van der Waals surface area contributed by atoms with Crippen molar-refractivity contribution < 1.29 is 0 Å². The van der Waals surface area contributed by atoms with Crippen molar-refractivity contribution in [1.82, 2.24) is 0 Å². The Bertz CT molecular complexity index is 734. The third-order valence-corrected chi connectivity index (χ3v) is 3.32. The number of hydrogen-bond acceptors (Lipinski definition) is 3. The summed E-state index contributed by atoms with van der Waals surface area (Å²) in [6.07, 6.45) is 0. The van der Waals surface area contributed by atoms with E-state index in [-0.39, 0.29) is 0 Å². The van der Waals surface area contributed by atoms with Crippen LogP contribution in [0.2, 0.25) is 0 Å². The minimum atomic E-state index is 0.729. The van der Waals surface area contributed by atoms with Gasteiger partial charge in [-0.2, -0.15) is 0 Å². The van der Waals surface area contributed by atoms with Gasteiger partial charge < -0.3 is 16.8 Å². The standard InChI is InChI=1S/C18H17N3/c19-14-8-6-13(7-9-14)17-11-10-15(20)12-18(17)21-16-4-2-1-3-5-16/h1-12,21H,19-20H2. The van der Waals surface area contributed by atoms with Gasteiger partial charge in [-0.1, -0.05) is 36.4 Å². The van der Waals surface area contributed by atoms with Crippen LogP contribution in [0.5, 0.6) is 0 Å². The van der Waals surface area contributed by atoms with Crippen molar-refractivity contribution in [2.75, 3.05) is 16.8 Å². The molecule has 5 N–H and O–H groups in total. The van der Waals surface area contributed by atoms with Crippen LogP contribution >= 0.6 is 0 Å². The highest BCUT2D eigenvalue weighted by atomic mass is 14.9. The van der Waals surface area contributed by atoms with Crippen molar-refractivity contribution >= 4 is 22.7 Å². The second kappa shape index (κ2) is 5.59. The molecule has 0 spiro atoms. The quantitative estimate of drug-likeness (QED) is 0.626. The molecule has 21 heavy (non-hydrogen) atoms. The lowest BCUT2D eigenvalue weighted by molar-refractivity contribution is 1.53. The largest absolute Gasteiger partial charge is 0.399 e. The van der Waals surface area contributed by atoms with Crippen molar-refractivity contribution in [2.45, 2.75) is 0 Å². The summed E-state index contributed by atoms with van der Waals surface area (Å²) in [6.45, 7) is 0. The Morgan fingerprint density at radius 1 is 0.667 bits per heavy atom. The van der Waals surface area contributed by atoms with E-state index in [0.717, 1.165) is 33.9 Å². The van der Waals surface area contributed by atoms with Gasteiger partial charge in [-0.25, -0.2) is 0 Å². The summed E-state index contributed by atoms with van der Waals surface area (Å²) in [5.74, 6) is 0. The lowest BCUT2D eigenvalue weighted by atomic mass is 10.0. The zero-order chi connectivity index (χ0) is 14.7. The van der Waals surface area contributed by atoms with E-state index in [0.29, 0.717) is 0 Å². The maximum absolute atomic E-state index is 5.92. The zero-order valence-corrected chi connectivity index (χ0v) is 11.6. The second-order valence-corrected chi connectivity index (χ2v) is 4.92. The van der Waals surface area contributed by atoms with Crippen LogP contribution in [-0.2, 0) is 0 Å². The Hall–Kier alpha value is -2.94. The van der Waals surface area contributed by atoms with Gasteiger partial charge in [-0.05, 0) is 42.0 Å². The summed E-state index contributed by atoms with van der Waals surface area (Å²) in [5.41, 5.74) is 17.4. The molecule has 3 heteroatoms. The lowest BCUT2D eigenvalue weighted by Gasteiger charge is -2.13. The predicted octanol–water partition coefficient (Wildman–Crippen LogP) is 4.26. The Morgan fingerprint density at radius 3 is 2.05 bits per heavy atom. The molecule has 104 valence electrons. The van der Waals surface area contributed by atoms with E-state index in [2.05, 4.69) is 5.32 Å². The number of anilines is 4. The first-order valence-electron chi connectivity index (χ1n) is 6.80. The topological polar surface area (TPSA) is 64.1 Å². The highest BCUT2D eigenvalue weighted by Gasteiger charge is 2.06. The van der Waals surface area contributed by atoms with Crippen LogP contribution in [0.1, 0.15) is 0 Å². The number of benzene rings is 3. The molecule has 3 aromatic carbocycles. The molecule has 0 aromatic heterocycles. The van der Waals surface area contributed by atoms with E-state index in [1.807, 2.05) is 72.8 Å². The molecule has 0 saturated heterocycles. The molecule has 3 rings (SSSR count). The first kappa shape index (κ1) is 13.1. The van der Waals surface area contributed by atoms with Gasteiger partial charge in [0.25, 0.3) is 0 Å². The van der Waals surface area contributed by atoms with Crippen LogP contribution in [-0.4, -0.2) is 0 Å². The van der Waals surface area contributed by atoms with Crippen molar-refractivity contribution in [1.29, 1.82) is 0 Å². The second-order valence-electron chi connectivity index (χ2n) is 4.92. The fraction of sp³-hybridized carbons (Fsp3) is 0. The number of rotatable bonds is 3. The molecule has 3 aromatic rings. The molecule has 0 aliphatic carbocycles. The fourth-order valence-electron chi connectivity index (χ4n) is 2.26. The van der Waals surface area contributed by atoms with E-state index in [1.165, 1.54) is 0 Å². The van der Waals surface area contributed by atoms with Crippen molar-refractivity contribution in [2.24, 2.45) is 0 Å². The van der Waals surface area contributed by atoms with Crippen molar-refractivity contribution in [3.8, 4) is 11.1 Å². The summed E-state index contributed by atoms with van der Waals surface area (Å²) in [5, 5.41) is 3.42. The van der Waals surface area contributed by atoms with E-state index >= 15 is 0 Å². The summed E-state index contributed by atoms with van der Waals surface area (Å²) in [4.78, 5) is 0. The first-order chi connectivity index (χ1) is 10.2. The average Bonchev–Trinajstić information content (AvgIpc) is 2.50. The highest BCUT2D eigenvalue weighted by Crippen LogP contribution is 2.32. The molecule has 0 radical (unpaired) electrons. The summed E-state index contributed by atoms with van der Waals surface area (Å²) in [6, 6.07) is 23.7.